The van der Waals surface area contributed by atoms with Crippen molar-refractivity contribution in [1.82, 2.24) is 10.1 Å². The number of carbonyl (C=O) groups excluding carboxylic acids is 1. The third-order valence-corrected chi connectivity index (χ3v) is 8.77. The molecule has 5 rings (SSSR count). The number of hydrogen-bond donors (Lipinski definition) is 0. The molecule has 4 atom stereocenters. The maximum atomic E-state index is 14.3. The van der Waals surface area contributed by atoms with Gasteiger partial charge in [0.05, 0.1) is 12.2 Å². The summed E-state index contributed by atoms with van der Waals surface area (Å²) >= 11 is 14.6. The van der Waals surface area contributed by atoms with Crippen molar-refractivity contribution in [2.45, 2.75) is 69.1 Å². The first-order valence-corrected chi connectivity index (χ1v) is 14.5. The average molecular weight is 560 g/mol. The van der Waals surface area contributed by atoms with E-state index < -0.39 is 12.2 Å². The SMILES string of the molecule is CC(C)(C)SC[C@H](C1CC1)N1C(=O)[C@H](Cc2ccno2)O[C@H](c2cccc(Cl)c2)[C@H]1c1ccc(Cl)cc1. The van der Waals surface area contributed by atoms with Crippen LogP contribution in [0.15, 0.2) is 65.3 Å². The number of benzene rings is 2. The molecule has 1 amide bonds. The lowest BCUT2D eigenvalue weighted by molar-refractivity contribution is -0.179. The van der Waals surface area contributed by atoms with E-state index in [9.17, 15) is 4.79 Å². The van der Waals surface area contributed by atoms with Gasteiger partial charge in [-0.25, -0.2) is 0 Å². The number of aromatic nitrogens is 1. The number of hydrogen-bond acceptors (Lipinski definition) is 5. The molecule has 8 heteroatoms. The summed E-state index contributed by atoms with van der Waals surface area (Å²) in [6.45, 7) is 6.67. The third kappa shape index (κ3) is 6.36. The summed E-state index contributed by atoms with van der Waals surface area (Å²) < 4.78 is 12.1. The Morgan fingerprint density at radius 2 is 1.81 bits per heavy atom. The Labute approximate surface area is 232 Å². The molecule has 0 spiro atoms. The monoisotopic (exact) mass is 558 g/mol. The maximum Gasteiger partial charge on any atom is 0.253 e. The van der Waals surface area contributed by atoms with Crippen LogP contribution in [-0.2, 0) is 16.0 Å². The zero-order valence-corrected chi connectivity index (χ0v) is 23.6. The first-order valence-electron chi connectivity index (χ1n) is 12.7. The Morgan fingerprint density at radius 1 is 1.05 bits per heavy atom. The number of halogens is 2. The average Bonchev–Trinajstić information content (AvgIpc) is 3.56. The lowest BCUT2D eigenvalue weighted by Gasteiger charge is -2.48. The van der Waals surface area contributed by atoms with Crippen molar-refractivity contribution >= 4 is 40.9 Å². The van der Waals surface area contributed by atoms with Crippen LogP contribution in [0.4, 0.5) is 0 Å². The predicted molar refractivity (Wildman–Crippen MR) is 149 cm³/mol. The van der Waals surface area contributed by atoms with Crippen LogP contribution in [0.1, 0.15) is 62.6 Å². The van der Waals surface area contributed by atoms with Gasteiger partial charge in [0.2, 0.25) is 0 Å². The van der Waals surface area contributed by atoms with Crippen LogP contribution in [0.25, 0.3) is 0 Å². The normalized spacial score (nSPS) is 23.3. The molecule has 2 aliphatic rings. The highest BCUT2D eigenvalue weighted by atomic mass is 35.5. The number of thioether (sulfide) groups is 1. The number of rotatable bonds is 8. The van der Waals surface area contributed by atoms with Gasteiger partial charge in [-0.15, -0.1) is 0 Å². The number of ether oxygens (including phenoxy) is 1. The number of nitrogens with zero attached hydrogens (tertiary/aromatic N) is 2. The molecular formula is C29H32Cl2N2O3S. The quantitative estimate of drug-likeness (QED) is 0.285. The standard InChI is InChI=1S/C29H32Cl2N2O3S/c1-29(2,3)37-17-24(18-7-8-18)33-26(19-9-11-21(30)12-10-19)27(20-5-4-6-22(31)15-20)35-25(28(33)34)16-23-13-14-32-36-23/h4-6,9-15,18,24-27H,7-8,16-17H2,1-3H3/t24-,25+,26-,27-/m1/s1. The van der Waals surface area contributed by atoms with E-state index in [4.69, 9.17) is 32.5 Å². The summed E-state index contributed by atoms with van der Waals surface area (Å²) in [5.41, 5.74) is 1.93. The van der Waals surface area contributed by atoms with Gasteiger partial charge in [0.25, 0.3) is 5.91 Å². The van der Waals surface area contributed by atoms with Gasteiger partial charge in [0.15, 0.2) is 0 Å². The molecule has 1 aromatic heterocycles. The first-order chi connectivity index (χ1) is 17.7. The van der Waals surface area contributed by atoms with Crippen molar-refractivity contribution in [2.24, 2.45) is 5.92 Å². The second-order valence-electron chi connectivity index (χ2n) is 10.9. The van der Waals surface area contributed by atoms with Crippen molar-refractivity contribution < 1.29 is 14.1 Å². The van der Waals surface area contributed by atoms with E-state index in [1.165, 1.54) is 0 Å². The minimum atomic E-state index is -0.693. The van der Waals surface area contributed by atoms with Gasteiger partial charge in [-0.2, -0.15) is 11.8 Å². The molecule has 2 aromatic carbocycles. The molecule has 37 heavy (non-hydrogen) atoms. The highest BCUT2D eigenvalue weighted by molar-refractivity contribution is 8.00. The van der Waals surface area contributed by atoms with Crippen LogP contribution in [0.3, 0.4) is 0 Å². The van der Waals surface area contributed by atoms with E-state index in [-0.39, 0.29) is 22.7 Å². The molecule has 1 aliphatic heterocycles. The zero-order valence-electron chi connectivity index (χ0n) is 21.3. The molecule has 196 valence electrons. The number of amides is 1. The molecule has 5 nitrogen and oxygen atoms in total. The van der Waals surface area contributed by atoms with E-state index in [0.29, 0.717) is 28.1 Å². The molecule has 1 aliphatic carbocycles. The van der Waals surface area contributed by atoms with Gasteiger partial charge in [-0.3, -0.25) is 4.79 Å². The van der Waals surface area contributed by atoms with E-state index in [2.05, 4.69) is 30.8 Å². The van der Waals surface area contributed by atoms with Crippen molar-refractivity contribution in [3.05, 3.63) is 87.7 Å². The zero-order chi connectivity index (χ0) is 26.2. The van der Waals surface area contributed by atoms with Crippen LogP contribution in [0.2, 0.25) is 10.0 Å². The molecule has 2 heterocycles. The van der Waals surface area contributed by atoms with Crippen LogP contribution in [-0.4, -0.2) is 38.6 Å². The van der Waals surface area contributed by atoms with Crippen LogP contribution in [0.5, 0.6) is 0 Å². The van der Waals surface area contributed by atoms with Gasteiger partial charge in [0, 0.05) is 39.1 Å². The van der Waals surface area contributed by atoms with Crippen molar-refractivity contribution in [3.63, 3.8) is 0 Å². The third-order valence-electron chi connectivity index (χ3n) is 6.90. The second kappa shape index (κ2) is 11.0. The fourth-order valence-electron chi connectivity index (χ4n) is 4.99. The number of carbonyl (C=O) groups is 1. The maximum absolute atomic E-state index is 14.3. The first kappa shape index (κ1) is 26.6. The lowest BCUT2D eigenvalue weighted by Crippen LogP contribution is -2.56. The molecular weight excluding hydrogens is 527 g/mol. The van der Waals surface area contributed by atoms with E-state index in [1.807, 2.05) is 60.3 Å². The summed E-state index contributed by atoms with van der Waals surface area (Å²) in [7, 11) is 0. The second-order valence-corrected chi connectivity index (χ2v) is 13.6. The fraction of sp³-hybridized carbons (Fsp3) is 0.448. The Hall–Kier alpha value is -1.99. The van der Waals surface area contributed by atoms with Crippen molar-refractivity contribution in [2.75, 3.05) is 5.75 Å². The molecule has 0 unspecified atom stereocenters. The minimum Gasteiger partial charge on any atom is -0.361 e. The summed E-state index contributed by atoms with van der Waals surface area (Å²) in [5, 5.41) is 5.12. The van der Waals surface area contributed by atoms with Gasteiger partial charge in [0.1, 0.15) is 18.0 Å². The molecule has 0 radical (unpaired) electrons. The summed E-state index contributed by atoms with van der Waals surface area (Å²) in [6, 6.07) is 17.1. The van der Waals surface area contributed by atoms with Crippen molar-refractivity contribution in [3.8, 4) is 0 Å². The molecule has 0 N–H and O–H groups in total. The van der Waals surface area contributed by atoms with Gasteiger partial charge in [-0.1, -0.05) is 73.4 Å². The highest BCUT2D eigenvalue weighted by Gasteiger charge is 2.50. The molecule has 1 saturated heterocycles. The molecule has 2 fully saturated rings. The highest BCUT2D eigenvalue weighted by Crippen LogP contribution is 2.49. The van der Waals surface area contributed by atoms with Gasteiger partial charge in [-0.05, 0) is 54.2 Å². The Bertz CT molecular complexity index is 1210. The number of morpholine rings is 1. The topological polar surface area (TPSA) is 55.6 Å². The minimum absolute atomic E-state index is 0.0129. The Kier molecular flexibility index (Phi) is 7.92. The van der Waals surface area contributed by atoms with E-state index in [0.717, 1.165) is 29.7 Å². The molecule has 0 bridgehead atoms. The van der Waals surface area contributed by atoms with Crippen LogP contribution < -0.4 is 0 Å². The lowest BCUT2D eigenvalue weighted by atomic mass is 9.89. The van der Waals surface area contributed by atoms with E-state index in [1.54, 1.807) is 12.3 Å². The van der Waals surface area contributed by atoms with Crippen LogP contribution >= 0.6 is 35.0 Å². The Balaban J connectivity index is 1.61. The smallest absolute Gasteiger partial charge is 0.253 e. The van der Waals surface area contributed by atoms with Gasteiger partial charge >= 0.3 is 0 Å². The largest absolute Gasteiger partial charge is 0.361 e. The summed E-state index contributed by atoms with van der Waals surface area (Å²) in [5.74, 6) is 1.94. The van der Waals surface area contributed by atoms with Gasteiger partial charge < -0.3 is 14.2 Å². The molecule has 3 aromatic rings. The Morgan fingerprint density at radius 3 is 2.43 bits per heavy atom. The predicted octanol–water partition coefficient (Wildman–Crippen LogP) is 7.54. The van der Waals surface area contributed by atoms with Crippen molar-refractivity contribution in [1.29, 1.82) is 0 Å². The molecule has 1 saturated carbocycles. The van der Waals surface area contributed by atoms with E-state index >= 15 is 0 Å². The summed E-state index contributed by atoms with van der Waals surface area (Å²) in [4.78, 5) is 16.4. The van der Waals surface area contributed by atoms with Crippen LogP contribution in [0, 0.1) is 5.92 Å². The fourth-order valence-corrected chi connectivity index (χ4v) is 6.42. The summed E-state index contributed by atoms with van der Waals surface area (Å²) in [6.07, 6.45) is 3.07.